The summed E-state index contributed by atoms with van der Waals surface area (Å²) in [6.45, 7) is 1.36. The zero-order chi connectivity index (χ0) is 13.1. The van der Waals surface area contributed by atoms with Gasteiger partial charge in [-0.2, -0.15) is 0 Å². The Bertz CT molecular complexity index is 556. The topological polar surface area (TPSA) is 38.8 Å². The first kappa shape index (κ1) is 11.9. The van der Waals surface area contributed by atoms with E-state index in [1.54, 1.807) is 12.1 Å². The number of ketones is 1. The second-order valence-electron chi connectivity index (χ2n) is 4.49. The van der Waals surface area contributed by atoms with Gasteiger partial charge in [0.25, 0.3) is 0 Å². The predicted molar refractivity (Wildman–Crippen MR) is 71.6 cm³/mol. The van der Waals surface area contributed by atoms with Gasteiger partial charge in [-0.15, -0.1) is 0 Å². The molecule has 0 saturated carbocycles. The minimum atomic E-state index is 0.0256. The summed E-state index contributed by atoms with van der Waals surface area (Å²) in [4.78, 5) is 12.2. The van der Waals surface area contributed by atoms with E-state index in [-0.39, 0.29) is 11.9 Å². The number of carbonyl (C=O) groups excluding carboxylic acids is 1. The third kappa shape index (κ3) is 3.01. The second kappa shape index (κ2) is 5.24. The minimum Gasteiger partial charge on any atom is -0.491 e. The van der Waals surface area contributed by atoms with Gasteiger partial charge in [0, 0.05) is 11.1 Å². The van der Waals surface area contributed by atoms with E-state index < -0.39 is 0 Å². The Kier molecular flexibility index (Phi) is 3.29. The Balaban J connectivity index is 1.69. The highest BCUT2D eigenvalue weighted by molar-refractivity contribution is 6.08. The fraction of sp³-hybridized carbons (Fsp3) is 0.188. The van der Waals surface area contributed by atoms with Gasteiger partial charge in [-0.05, 0) is 24.3 Å². The minimum absolute atomic E-state index is 0.0256. The molecule has 1 heterocycles. The van der Waals surface area contributed by atoms with Crippen molar-refractivity contribution in [1.82, 2.24) is 0 Å². The van der Waals surface area contributed by atoms with Crippen LogP contribution < -0.4 is 4.74 Å². The standard InChI is InChI=1S/C16H14O3/c17-16(12-4-2-1-3-5-12)13-6-8-14(9-7-13)18-10-15-11-19-15/h1-9,15H,10-11H2/t15-/m1/s1. The molecule has 2 aromatic rings. The second-order valence-corrected chi connectivity index (χ2v) is 4.49. The van der Waals surface area contributed by atoms with Crippen LogP contribution in [0, 0.1) is 0 Å². The average Bonchev–Trinajstić information content (AvgIpc) is 3.30. The monoisotopic (exact) mass is 254 g/mol. The number of hydrogen-bond donors (Lipinski definition) is 0. The Hall–Kier alpha value is -2.13. The lowest BCUT2D eigenvalue weighted by atomic mass is 10.0. The highest BCUT2D eigenvalue weighted by atomic mass is 16.6. The maximum Gasteiger partial charge on any atom is 0.193 e. The van der Waals surface area contributed by atoms with Crippen LogP contribution in [0.3, 0.4) is 0 Å². The molecule has 0 amide bonds. The van der Waals surface area contributed by atoms with Gasteiger partial charge in [0.15, 0.2) is 5.78 Å². The van der Waals surface area contributed by atoms with Gasteiger partial charge in [-0.1, -0.05) is 30.3 Å². The van der Waals surface area contributed by atoms with Gasteiger partial charge in [-0.25, -0.2) is 0 Å². The summed E-state index contributed by atoms with van der Waals surface area (Å²) >= 11 is 0. The molecular formula is C16H14O3. The van der Waals surface area contributed by atoms with Crippen molar-refractivity contribution in [3.8, 4) is 5.75 Å². The van der Waals surface area contributed by atoms with E-state index in [9.17, 15) is 4.79 Å². The van der Waals surface area contributed by atoms with Crippen LogP contribution in [0.2, 0.25) is 0 Å². The van der Waals surface area contributed by atoms with Crippen LogP contribution in [-0.2, 0) is 4.74 Å². The van der Waals surface area contributed by atoms with Crippen molar-refractivity contribution >= 4 is 5.78 Å². The van der Waals surface area contributed by atoms with Gasteiger partial charge < -0.3 is 9.47 Å². The first-order valence-electron chi connectivity index (χ1n) is 6.27. The van der Waals surface area contributed by atoms with Gasteiger partial charge in [-0.3, -0.25) is 4.79 Å². The van der Waals surface area contributed by atoms with E-state index >= 15 is 0 Å². The number of ether oxygens (including phenoxy) is 2. The molecule has 96 valence electrons. The van der Waals surface area contributed by atoms with Gasteiger partial charge in [0.05, 0.1) is 6.61 Å². The molecule has 0 bridgehead atoms. The fourth-order valence-corrected chi connectivity index (χ4v) is 1.81. The molecule has 0 spiro atoms. The summed E-state index contributed by atoms with van der Waals surface area (Å²) in [6, 6.07) is 16.5. The molecule has 1 aliphatic heterocycles. The summed E-state index contributed by atoms with van der Waals surface area (Å²) in [6.07, 6.45) is 0.241. The van der Waals surface area contributed by atoms with E-state index in [1.165, 1.54) is 0 Å². The molecule has 0 N–H and O–H groups in total. The van der Waals surface area contributed by atoms with E-state index in [0.717, 1.165) is 12.4 Å². The SMILES string of the molecule is O=C(c1ccccc1)c1ccc(OC[C@@H]2CO2)cc1. The highest BCUT2D eigenvalue weighted by Crippen LogP contribution is 2.17. The van der Waals surface area contributed by atoms with Crippen molar-refractivity contribution in [3.63, 3.8) is 0 Å². The third-order valence-corrected chi connectivity index (χ3v) is 2.99. The Morgan fingerprint density at radius 2 is 1.68 bits per heavy atom. The Morgan fingerprint density at radius 1 is 1.05 bits per heavy atom. The molecule has 3 heteroatoms. The first-order valence-corrected chi connectivity index (χ1v) is 6.27. The maximum absolute atomic E-state index is 12.2. The molecule has 3 rings (SSSR count). The lowest BCUT2D eigenvalue weighted by Gasteiger charge is -2.05. The quantitative estimate of drug-likeness (QED) is 0.608. The van der Waals surface area contributed by atoms with Gasteiger partial charge in [0.2, 0.25) is 0 Å². The van der Waals surface area contributed by atoms with Gasteiger partial charge in [0.1, 0.15) is 18.5 Å². The Morgan fingerprint density at radius 3 is 2.32 bits per heavy atom. The van der Waals surface area contributed by atoms with Crippen molar-refractivity contribution in [2.45, 2.75) is 6.10 Å². The van der Waals surface area contributed by atoms with E-state index in [0.29, 0.717) is 17.7 Å². The number of epoxide rings is 1. The first-order chi connectivity index (χ1) is 9.33. The summed E-state index contributed by atoms with van der Waals surface area (Å²) in [5.74, 6) is 0.790. The van der Waals surface area contributed by atoms with Crippen molar-refractivity contribution in [2.75, 3.05) is 13.2 Å². The van der Waals surface area contributed by atoms with Crippen LogP contribution in [0.4, 0.5) is 0 Å². The highest BCUT2D eigenvalue weighted by Gasteiger charge is 2.23. The smallest absolute Gasteiger partial charge is 0.193 e. The number of benzene rings is 2. The third-order valence-electron chi connectivity index (χ3n) is 2.99. The summed E-state index contributed by atoms with van der Waals surface area (Å²) in [5, 5.41) is 0. The molecule has 3 nitrogen and oxygen atoms in total. The summed E-state index contributed by atoms with van der Waals surface area (Å²) < 4.78 is 10.6. The normalized spacial score (nSPS) is 16.9. The molecular weight excluding hydrogens is 240 g/mol. The molecule has 0 aliphatic carbocycles. The zero-order valence-corrected chi connectivity index (χ0v) is 10.4. The molecule has 1 fully saturated rings. The Labute approximate surface area is 111 Å². The lowest BCUT2D eigenvalue weighted by molar-refractivity contribution is 0.103. The van der Waals surface area contributed by atoms with Crippen LogP contribution >= 0.6 is 0 Å². The zero-order valence-electron chi connectivity index (χ0n) is 10.4. The van der Waals surface area contributed by atoms with Crippen LogP contribution in [0.5, 0.6) is 5.75 Å². The maximum atomic E-state index is 12.2. The van der Waals surface area contributed by atoms with Crippen molar-refractivity contribution in [3.05, 3.63) is 65.7 Å². The average molecular weight is 254 g/mol. The lowest BCUT2D eigenvalue weighted by Crippen LogP contribution is -2.05. The van der Waals surface area contributed by atoms with E-state index in [1.807, 2.05) is 42.5 Å². The van der Waals surface area contributed by atoms with E-state index in [4.69, 9.17) is 9.47 Å². The molecule has 0 radical (unpaired) electrons. The van der Waals surface area contributed by atoms with Crippen LogP contribution in [0.1, 0.15) is 15.9 Å². The fourth-order valence-electron chi connectivity index (χ4n) is 1.81. The van der Waals surface area contributed by atoms with Crippen LogP contribution in [0.15, 0.2) is 54.6 Å². The largest absolute Gasteiger partial charge is 0.491 e. The molecule has 0 unspecified atom stereocenters. The van der Waals surface area contributed by atoms with Crippen LogP contribution in [0.25, 0.3) is 0 Å². The molecule has 0 aromatic heterocycles. The van der Waals surface area contributed by atoms with Crippen molar-refractivity contribution in [1.29, 1.82) is 0 Å². The number of hydrogen-bond acceptors (Lipinski definition) is 3. The van der Waals surface area contributed by atoms with E-state index in [2.05, 4.69) is 0 Å². The molecule has 2 aromatic carbocycles. The summed E-state index contributed by atoms with van der Waals surface area (Å²) in [7, 11) is 0. The molecule has 1 saturated heterocycles. The predicted octanol–water partition coefficient (Wildman–Crippen LogP) is 2.70. The molecule has 1 aliphatic rings. The van der Waals surface area contributed by atoms with Crippen molar-refractivity contribution in [2.24, 2.45) is 0 Å². The molecule has 19 heavy (non-hydrogen) atoms. The van der Waals surface area contributed by atoms with Gasteiger partial charge >= 0.3 is 0 Å². The number of carbonyl (C=O) groups is 1. The molecule has 1 atom stereocenters. The van der Waals surface area contributed by atoms with Crippen molar-refractivity contribution < 1.29 is 14.3 Å². The number of rotatable bonds is 5. The van der Waals surface area contributed by atoms with Crippen LogP contribution in [-0.4, -0.2) is 25.1 Å². The summed E-state index contributed by atoms with van der Waals surface area (Å²) in [5.41, 5.74) is 1.36.